The van der Waals surface area contributed by atoms with Gasteiger partial charge in [0.25, 0.3) is 0 Å². The average Bonchev–Trinajstić information content (AvgIpc) is 1.22. The summed E-state index contributed by atoms with van der Waals surface area (Å²) in [5, 5.41) is 0.604. The first-order chi connectivity index (χ1) is 40.6. The standard InChI is InChI=1S/C82H79ClN2/c1-79(2,3)62-45-47-69(75(51-62)81(7,8)9)60-37-25-39-65(49-60)84(77-71(56-29-17-13-18-30-56)41-27-42-72(77)57-31-19-14-20-32-57)67-53-64(83)54-68(55-67)85(78-73(58-33-21-15-22-34-58)43-28-44-74(78)59-35-23-16-24-36-59)66-40-26-38-61(50-66)70-48-46-63(80(4,5)6)52-76(70)82(10,11)12/h13-55H,1-12H3. The van der Waals surface area contributed by atoms with Crippen LogP contribution in [0.2, 0.25) is 5.02 Å². The molecule has 0 fully saturated rings. The number of hydrogen-bond acceptors (Lipinski definition) is 2. The van der Waals surface area contributed by atoms with Gasteiger partial charge in [-0.2, -0.15) is 0 Å². The Labute approximate surface area is 512 Å². The van der Waals surface area contributed by atoms with Crippen LogP contribution in [0.3, 0.4) is 0 Å². The van der Waals surface area contributed by atoms with E-state index in [1.54, 1.807) is 0 Å². The van der Waals surface area contributed by atoms with Crippen LogP contribution in [0.5, 0.6) is 0 Å². The fourth-order valence-corrected chi connectivity index (χ4v) is 12.2. The topological polar surface area (TPSA) is 6.48 Å². The zero-order valence-electron chi connectivity index (χ0n) is 51.6. The molecular weight excluding hydrogens is 1050 g/mol. The van der Waals surface area contributed by atoms with Crippen LogP contribution in [0.15, 0.2) is 261 Å². The molecule has 3 heteroatoms. The van der Waals surface area contributed by atoms with E-state index in [0.29, 0.717) is 5.02 Å². The van der Waals surface area contributed by atoms with Gasteiger partial charge in [-0.05, 0) is 131 Å². The van der Waals surface area contributed by atoms with Gasteiger partial charge in [0.1, 0.15) is 0 Å². The van der Waals surface area contributed by atoms with Crippen LogP contribution in [0, 0.1) is 0 Å². The van der Waals surface area contributed by atoms with Gasteiger partial charge in [-0.25, -0.2) is 0 Å². The van der Waals surface area contributed by atoms with Gasteiger partial charge in [-0.15, -0.1) is 0 Å². The lowest BCUT2D eigenvalue weighted by atomic mass is 9.77. The van der Waals surface area contributed by atoms with Crippen molar-refractivity contribution in [3.8, 4) is 66.8 Å². The van der Waals surface area contributed by atoms with Crippen molar-refractivity contribution in [2.45, 2.75) is 105 Å². The van der Waals surface area contributed by atoms with Gasteiger partial charge >= 0.3 is 0 Å². The molecule has 11 aromatic carbocycles. The fraction of sp³-hybridized carbons (Fsp3) is 0.195. The van der Waals surface area contributed by atoms with Crippen molar-refractivity contribution in [1.29, 1.82) is 0 Å². The molecule has 11 rings (SSSR count). The lowest BCUT2D eigenvalue weighted by Crippen LogP contribution is -2.18. The number of hydrogen-bond donors (Lipinski definition) is 0. The molecule has 11 aromatic rings. The number of anilines is 6. The van der Waals surface area contributed by atoms with Crippen molar-refractivity contribution in [1.82, 2.24) is 0 Å². The van der Waals surface area contributed by atoms with E-state index >= 15 is 0 Å². The Hall–Kier alpha value is -8.69. The quantitative estimate of drug-likeness (QED) is 0.120. The molecule has 0 spiro atoms. The summed E-state index contributed by atoms with van der Waals surface area (Å²) in [5.41, 5.74) is 24.4. The molecule has 0 atom stereocenters. The molecule has 0 aliphatic rings. The van der Waals surface area contributed by atoms with Gasteiger partial charge in [-0.3, -0.25) is 0 Å². The number of nitrogens with zero attached hydrogens (tertiary/aromatic N) is 2. The molecule has 0 aliphatic carbocycles. The maximum absolute atomic E-state index is 7.86. The Morgan fingerprint density at radius 3 is 0.824 bits per heavy atom. The van der Waals surface area contributed by atoms with E-state index in [1.165, 1.54) is 33.4 Å². The van der Waals surface area contributed by atoms with Gasteiger partial charge in [-0.1, -0.05) is 313 Å². The van der Waals surface area contributed by atoms with E-state index in [1.807, 2.05) is 0 Å². The van der Waals surface area contributed by atoms with E-state index in [2.05, 4.69) is 354 Å². The first kappa shape index (κ1) is 58.1. The number of para-hydroxylation sites is 2. The second-order valence-corrected chi connectivity index (χ2v) is 27.3. The van der Waals surface area contributed by atoms with Crippen LogP contribution < -0.4 is 9.80 Å². The Morgan fingerprint density at radius 1 is 0.235 bits per heavy atom. The van der Waals surface area contributed by atoms with Crippen molar-refractivity contribution in [2.24, 2.45) is 0 Å². The normalized spacial score (nSPS) is 12.1. The predicted molar refractivity (Wildman–Crippen MR) is 368 cm³/mol. The smallest absolute Gasteiger partial charge is 0.0618 e. The zero-order valence-corrected chi connectivity index (χ0v) is 52.4. The van der Waals surface area contributed by atoms with Gasteiger partial charge in [0.2, 0.25) is 0 Å². The summed E-state index contributed by atoms with van der Waals surface area (Å²) in [5.74, 6) is 0. The summed E-state index contributed by atoms with van der Waals surface area (Å²) in [6, 6.07) is 95.8. The third-order valence-electron chi connectivity index (χ3n) is 16.5. The minimum atomic E-state index is -0.131. The highest BCUT2D eigenvalue weighted by Crippen LogP contribution is 2.53. The minimum absolute atomic E-state index is 0.0117. The van der Waals surface area contributed by atoms with Gasteiger partial charge in [0.15, 0.2) is 0 Å². The summed E-state index contributed by atoms with van der Waals surface area (Å²) in [4.78, 5) is 4.93. The fourth-order valence-electron chi connectivity index (χ4n) is 12.0. The van der Waals surface area contributed by atoms with E-state index in [9.17, 15) is 0 Å². The maximum atomic E-state index is 7.86. The van der Waals surface area contributed by atoms with Crippen molar-refractivity contribution in [3.05, 3.63) is 288 Å². The van der Waals surface area contributed by atoms with Gasteiger partial charge in [0, 0.05) is 50.0 Å². The molecule has 0 radical (unpaired) electrons. The molecule has 0 bridgehead atoms. The highest BCUT2D eigenvalue weighted by Gasteiger charge is 2.30. The van der Waals surface area contributed by atoms with E-state index in [4.69, 9.17) is 11.6 Å². The minimum Gasteiger partial charge on any atom is -0.309 e. The molecule has 85 heavy (non-hydrogen) atoms. The molecule has 2 nitrogen and oxygen atoms in total. The monoisotopic (exact) mass is 1130 g/mol. The molecule has 424 valence electrons. The maximum Gasteiger partial charge on any atom is 0.0618 e. The van der Waals surface area contributed by atoms with E-state index in [-0.39, 0.29) is 21.7 Å². The van der Waals surface area contributed by atoms with Crippen molar-refractivity contribution < 1.29 is 0 Å². The van der Waals surface area contributed by atoms with E-state index < -0.39 is 0 Å². The molecular formula is C82H79ClN2. The van der Waals surface area contributed by atoms with Gasteiger partial charge < -0.3 is 9.80 Å². The lowest BCUT2D eigenvalue weighted by molar-refractivity contribution is 0.569. The molecule has 0 saturated heterocycles. The number of halogens is 1. The predicted octanol–water partition coefficient (Wildman–Crippen LogP) is 24.5. The second kappa shape index (κ2) is 23.4. The summed E-state index contributed by atoms with van der Waals surface area (Å²) in [6.07, 6.45) is 0. The van der Waals surface area contributed by atoms with Crippen LogP contribution in [0.4, 0.5) is 34.1 Å². The molecule has 0 amide bonds. The Kier molecular flexibility index (Phi) is 16.0. The highest BCUT2D eigenvalue weighted by molar-refractivity contribution is 6.31. The Morgan fingerprint density at radius 2 is 0.529 bits per heavy atom. The summed E-state index contributed by atoms with van der Waals surface area (Å²) in [6.45, 7) is 27.8. The number of benzene rings is 11. The molecule has 0 aromatic heterocycles. The highest BCUT2D eigenvalue weighted by atomic mass is 35.5. The van der Waals surface area contributed by atoms with Crippen LogP contribution >= 0.6 is 11.6 Å². The SMILES string of the molecule is CC(C)(C)c1ccc(-c2cccc(N(c3cc(Cl)cc(N(c4cccc(-c5ccc(C(C)(C)C)cc5C(C)(C)C)c4)c4c(-c5ccccc5)cccc4-c4ccccc4)c3)c3c(-c4ccccc4)cccc3-c3ccccc3)c2)c(C(C)(C)C)c1. The lowest BCUT2D eigenvalue weighted by Gasteiger charge is -2.34. The summed E-state index contributed by atoms with van der Waals surface area (Å²) >= 11 is 7.86. The van der Waals surface area contributed by atoms with Crippen molar-refractivity contribution >= 4 is 45.7 Å². The van der Waals surface area contributed by atoms with Crippen molar-refractivity contribution in [2.75, 3.05) is 9.80 Å². The third kappa shape index (κ3) is 12.3. The Balaban J connectivity index is 1.24. The zero-order chi connectivity index (χ0) is 59.8. The molecule has 0 unspecified atom stereocenters. The second-order valence-electron chi connectivity index (χ2n) is 26.8. The van der Waals surface area contributed by atoms with Gasteiger partial charge in [0.05, 0.1) is 11.4 Å². The van der Waals surface area contributed by atoms with Crippen LogP contribution in [-0.4, -0.2) is 0 Å². The van der Waals surface area contributed by atoms with Crippen molar-refractivity contribution in [3.63, 3.8) is 0 Å². The largest absolute Gasteiger partial charge is 0.309 e. The molecule has 0 N–H and O–H groups in total. The average molecular weight is 1130 g/mol. The van der Waals surface area contributed by atoms with Crippen LogP contribution in [-0.2, 0) is 21.7 Å². The number of rotatable bonds is 12. The first-order valence-corrected chi connectivity index (χ1v) is 30.4. The Bertz CT molecular complexity index is 3770. The summed E-state index contributed by atoms with van der Waals surface area (Å²) in [7, 11) is 0. The van der Waals surface area contributed by atoms with E-state index in [0.717, 1.165) is 89.8 Å². The third-order valence-corrected chi connectivity index (χ3v) is 16.7. The first-order valence-electron chi connectivity index (χ1n) is 30.0. The molecule has 0 saturated carbocycles. The van der Waals surface area contributed by atoms with Crippen LogP contribution in [0.1, 0.15) is 105 Å². The van der Waals surface area contributed by atoms with Crippen LogP contribution in [0.25, 0.3) is 66.8 Å². The summed E-state index contributed by atoms with van der Waals surface area (Å²) < 4.78 is 0. The molecule has 0 aliphatic heterocycles. The molecule has 0 heterocycles.